The zero-order valence-electron chi connectivity index (χ0n) is 11.7. The molecular formula is C17H15NO2S. The van der Waals surface area contributed by atoms with Crippen molar-refractivity contribution in [3.63, 3.8) is 0 Å². The monoisotopic (exact) mass is 297 g/mol. The number of benzene rings is 1. The molecule has 0 bridgehead atoms. The molecule has 0 unspecified atom stereocenters. The van der Waals surface area contributed by atoms with Crippen molar-refractivity contribution in [3.8, 4) is 5.75 Å². The summed E-state index contributed by atoms with van der Waals surface area (Å²) in [5.74, 6) is 0.629. The van der Waals surface area contributed by atoms with Gasteiger partial charge in [0, 0.05) is 32.8 Å². The molecule has 0 radical (unpaired) electrons. The van der Waals surface area contributed by atoms with Crippen LogP contribution in [0.25, 0.3) is 10.1 Å². The van der Waals surface area contributed by atoms with E-state index < -0.39 is 0 Å². The van der Waals surface area contributed by atoms with E-state index in [1.807, 2.05) is 36.6 Å². The van der Waals surface area contributed by atoms with Crippen molar-refractivity contribution < 1.29 is 9.53 Å². The van der Waals surface area contributed by atoms with Gasteiger partial charge in [-0.2, -0.15) is 0 Å². The van der Waals surface area contributed by atoms with Crippen LogP contribution in [0.2, 0.25) is 0 Å². The molecule has 3 rings (SSSR count). The van der Waals surface area contributed by atoms with E-state index >= 15 is 0 Å². The van der Waals surface area contributed by atoms with Crippen molar-refractivity contribution in [1.29, 1.82) is 0 Å². The first-order chi connectivity index (χ1) is 10.3. The van der Waals surface area contributed by atoms with Gasteiger partial charge >= 0.3 is 0 Å². The lowest BCUT2D eigenvalue weighted by molar-refractivity contribution is 0.104. The van der Waals surface area contributed by atoms with Crippen molar-refractivity contribution in [2.24, 2.45) is 0 Å². The van der Waals surface area contributed by atoms with E-state index in [9.17, 15) is 4.79 Å². The molecule has 21 heavy (non-hydrogen) atoms. The largest absolute Gasteiger partial charge is 0.492 e. The van der Waals surface area contributed by atoms with Gasteiger partial charge in [-0.3, -0.25) is 9.78 Å². The van der Waals surface area contributed by atoms with E-state index in [0.29, 0.717) is 17.9 Å². The third-order valence-corrected chi connectivity index (χ3v) is 4.14. The third-order valence-electron chi connectivity index (χ3n) is 3.17. The molecule has 2 aromatic heterocycles. The van der Waals surface area contributed by atoms with Gasteiger partial charge in [-0.15, -0.1) is 11.3 Å². The molecule has 0 aliphatic rings. The van der Waals surface area contributed by atoms with Crippen molar-refractivity contribution >= 4 is 27.2 Å². The predicted molar refractivity (Wildman–Crippen MR) is 85.3 cm³/mol. The normalized spacial score (nSPS) is 10.7. The van der Waals surface area contributed by atoms with Crippen LogP contribution in [0.1, 0.15) is 29.3 Å². The molecule has 0 fully saturated rings. The Hall–Kier alpha value is -2.20. The van der Waals surface area contributed by atoms with E-state index in [1.165, 1.54) is 0 Å². The number of ketones is 1. The fourth-order valence-electron chi connectivity index (χ4n) is 2.15. The van der Waals surface area contributed by atoms with Gasteiger partial charge in [0.25, 0.3) is 0 Å². The van der Waals surface area contributed by atoms with Crippen molar-refractivity contribution in [2.75, 3.05) is 6.61 Å². The summed E-state index contributed by atoms with van der Waals surface area (Å²) in [4.78, 5) is 16.8. The van der Waals surface area contributed by atoms with Crippen LogP contribution in [-0.4, -0.2) is 17.4 Å². The first-order valence-corrected chi connectivity index (χ1v) is 7.76. The van der Waals surface area contributed by atoms with E-state index in [2.05, 4.69) is 4.98 Å². The highest BCUT2D eigenvalue weighted by atomic mass is 32.1. The molecule has 0 saturated heterocycles. The Morgan fingerprint density at radius 2 is 2.14 bits per heavy atom. The minimum atomic E-state index is -0.0121. The maximum Gasteiger partial charge on any atom is 0.196 e. The molecule has 0 aliphatic carbocycles. The van der Waals surface area contributed by atoms with Gasteiger partial charge in [0.05, 0.1) is 12.8 Å². The Labute approximate surface area is 127 Å². The Morgan fingerprint density at radius 3 is 3.00 bits per heavy atom. The Morgan fingerprint density at radius 1 is 1.29 bits per heavy atom. The van der Waals surface area contributed by atoms with E-state index in [4.69, 9.17) is 4.74 Å². The van der Waals surface area contributed by atoms with Crippen LogP contribution in [0.3, 0.4) is 0 Å². The van der Waals surface area contributed by atoms with Crippen LogP contribution >= 0.6 is 11.3 Å². The molecule has 0 N–H and O–H groups in total. The molecule has 3 nitrogen and oxygen atoms in total. The van der Waals surface area contributed by atoms with Gasteiger partial charge in [0.2, 0.25) is 0 Å². The number of hydrogen-bond acceptors (Lipinski definition) is 4. The van der Waals surface area contributed by atoms with Crippen LogP contribution in [-0.2, 0) is 0 Å². The van der Waals surface area contributed by atoms with Gasteiger partial charge in [-0.25, -0.2) is 0 Å². The molecule has 1 aromatic carbocycles. The summed E-state index contributed by atoms with van der Waals surface area (Å²) in [6.07, 6.45) is 4.15. The van der Waals surface area contributed by atoms with Crippen LogP contribution in [0, 0.1) is 0 Å². The Kier molecular flexibility index (Phi) is 3.97. The van der Waals surface area contributed by atoms with Gasteiger partial charge in [0.15, 0.2) is 5.78 Å². The fourth-order valence-corrected chi connectivity index (χ4v) is 3.09. The van der Waals surface area contributed by atoms with Gasteiger partial charge in [0.1, 0.15) is 5.75 Å². The summed E-state index contributed by atoms with van der Waals surface area (Å²) < 4.78 is 6.66. The molecule has 106 valence electrons. The van der Waals surface area contributed by atoms with Crippen molar-refractivity contribution in [3.05, 3.63) is 59.2 Å². The number of carbonyl (C=O) groups excluding carboxylic acids is 1. The first-order valence-electron chi connectivity index (χ1n) is 6.88. The average Bonchev–Trinajstić information content (AvgIpc) is 2.96. The van der Waals surface area contributed by atoms with Gasteiger partial charge in [-0.1, -0.05) is 25.1 Å². The number of aromatic nitrogens is 1. The lowest BCUT2D eigenvalue weighted by atomic mass is 10.0. The molecular weight excluding hydrogens is 282 g/mol. The number of fused-ring (bicyclic) bond motifs is 1. The van der Waals surface area contributed by atoms with Crippen molar-refractivity contribution in [2.45, 2.75) is 13.3 Å². The SMILES string of the molecule is CCCOc1cncc(C(=O)c2csc3ccccc23)c1. The van der Waals surface area contributed by atoms with Gasteiger partial charge in [-0.05, 0) is 18.6 Å². The zero-order chi connectivity index (χ0) is 14.7. The number of carbonyl (C=O) groups is 1. The molecule has 0 aliphatic heterocycles. The van der Waals surface area contributed by atoms with Crippen LogP contribution in [0.15, 0.2) is 48.1 Å². The second-order valence-corrected chi connectivity index (χ2v) is 5.64. The highest BCUT2D eigenvalue weighted by molar-refractivity contribution is 7.17. The van der Waals surface area contributed by atoms with E-state index in [-0.39, 0.29) is 5.78 Å². The lowest BCUT2D eigenvalue weighted by Crippen LogP contribution is -2.03. The number of rotatable bonds is 5. The Bertz CT molecular complexity index is 779. The third kappa shape index (κ3) is 2.81. The minimum absolute atomic E-state index is 0.0121. The molecule has 0 spiro atoms. The highest BCUT2D eigenvalue weighted by Gasteiger charge is 2.15. The number of hydrogen-bond donors (Lipinski definition) is 0. The summed E-state index contributed by atoms with van der Waals surface area (Å²) in [6.45, 7) is 2.67. The quantitative estimate of drug-likeness (QED) is 0.658. The lowest BCUT2D eigenvalue weighted by Gasteiger charge is -2.05. The summed E-state index contributed by atoms with van der Waals surface area (Å²) in [6, 6.07) is 9.69. The molecule has 0 amide bonds. The summed E-state index contributed by atoms with van der Waals surface area (Å²) >= 11 is 1.58. The van der Waals surface area contributed by atoms with Crippen LogP contribution in [0.4, 0.5) is 0 Å². The van der Waals surface area contributed by atoms with Gasteiger partial charge < -0.3 is 4.74 Å². The predicted octanol–water partition coefficient (Wildman–Crippen LogP) is 4.32. The number of thiophene rings is 1. The molecule has 0 saturated carbocycles. The smallest absolute Gasteiger partial charge is 0.196 e. The average molecular weight is 297 g/mol. The van der Waals surface area contributed by atoms with Crippen LogP contribution < -0.4 is 4.74 Å². The van der Waals surface area contributed by atoms with E-state index in [1.54, 1.807) is 29.8 Å². The first kappa shape index (κ1) is 13.8. The molecule has 2 heterocycles. The topological polar surface area (TPSA) is 39.2 Å². The second-order valence-electron chi connectivity index (χ2n) is 4.73. The summed E-state index contributed by atoms with van der Waals surface area (Å²) in [5, 5.41) is 2.90. The molecule has 3 aromatic rings. The Balaban J connectivity index is 1.94. The summed E-state index contributed by atoms with van der Waals surface area (Å²) in [5.41, 5.74) is 1.29. The number of pyridine rings is 1. The number of ether oxygens (including phenoxy) is 1. The fraction of sp³-hybridized carbons (Fsp3) is 0.176. The minimum Gasteiger partial charge on any atom is -0.492 e. The summed E-state index contributed by atoms with van der Waals surface area (Å²) in [7, 11) is 0. The zero-order valence-corrected chi connectivity index (χ0v) is 12.5. The standard InChI is InChI=1S/C17H15NO2S/c1-2-7-20-13-8-12(9-18-10-13)17(19)15-11-21-16-6-4-3-5-14(15)16/h3-6,8-11H,2,7H2,1H3. The maximum atomic E-state index is 12.7. The maximum absolute atomic E-state index is 12.7. The molecule has 0 atom stereocenters. The van der Waals surface area contributed by atoms with Crippen molar-refractivity contribution in [1.82, 2.24) is 4.98 Å². The second kappa shape index (κ2) is 6.06. The number of nitrogens with zero attached hydrogens (tertiary/aromatic N) is 1. The van der Waals surface area contributed by atoms with E-state index in [0.717, 1.165) is 22.1 Å². The molecule has 4 heteroatoms. The highest BCUT2D eigenvalue weighted by Crippen LogP contribution is 2.28. The van der Waals surface area contributed by atoms with Crippen LogP contribution in [0.5, 0.6) is 5.75 Å².